The van der Waals surface area contributed by atoms with Gasteiger partial charge >= 0.3 is 6.03 Å². The Kier molecular flexibility index (Phi) is 4.02. The smallest absolute Gasteiger partial charge is 0.317 e. The number of aliphatic hydroxyl groups is 1. The lowest BCUT2D eigenvalue weighted by atomic mass is 10.1. The molecule has 76 valence electrons. The summed E-state index contributed by atoms with van der Waals surface area (Å²) < 4.78 is 0. The van der Waals surface area contributed by atoms with Crippen molar-refractivity contribution in [1.82, 2.24) is 10.2 Å². The van der Waals surface area contributed by atoms with E-state index < -0.39 is 0 Å². The van der Waals surface area contributed by atoms with Crippen molar-refractivity contribution in [1.29, 1.82) is 0 Å². The van der Waals surface area contributed by atoms with Crippen molar-refractivity contribution in [3.63, 3.8) is 0 Å². The molecule has 0 bridgehead atoms. The molecule has 0 saturated carbocycles. The summed E-state index contributed by atoms with van der Waals surface area (Å²) in [5.74, 6) is 0. The first-order chi connectivity index (χ1) is 6.24. The van der Waals surface area contributed by atoms with E-state index in [2.05, 4.69) is 5.32 Å². The van der Waals surface area contributed by atoms with E-state index in [1.165, 1.54) is 6.42 Å². The number of urea groups is 1. The summed E-state index contributed by atoms with van der Waals surface area (Å²) >= 11 is 0. The highest BCUT2D eigenvalue weighted by Gasteiger charge is 2.17. The maximum atomic E-state index is 11.5. The van der Waals surface area contributed by atoms with Crippen LogP contribution in [0.2, 0.25) is 0 Å². The van der Waals surface area contributed by atoms with Crippen molar-refractivity contribution in [2.75, 3.05) is 19.7 Å². The van der Waals surface area contributed by atoms with Crippen LogP contribution in [0.1, 0.15) is 26.2 Å². The number of carbonyl (C=O) groups is 1. The minimum atomic E-state index is -0.144. The number of aliphatic hydroxyl groups excluding tert-OH is 1. The number of nitrogens with zero attached hydrogens (tertiary/aromatic N) is 1. The fraction of sp³-hybridized carbons (Fsp3) is 0.889. The molecule has 13 heavy (non-hydrogen) atoms. The van der Waals surface area contributed by atoms with Gasteiger partial charge in [-0.1, -0.05) is 0 Å². The van der Waals surface area contributed by atoms with Gasteiger partial charge in [-0.2, -0.15) is 0 Å². The molecule has 1 rings (SSSR count). The predicted octanol–water partition coefficient (Wildman–Crippen LogP) is 0.563. The van der Waals surface area contributed by atoms with E-state index in [1.54, 1.807) is 6.92 Å². The summed E-state index contributed by atoms with van der Waals surface area (Å²) in [6, 6.07) is -0.185. The molecule has 1 aliphatic rings. The van der Waals surface area contributed by atoms with Crippen molar-refractivity contribution < 1.29 is 9.90 Å². The van der Waals surface area contributed by atoms with Gasteiger partial charge in [-0.15, -0.1) is 0 Å². The van der Waals surface area contributed by atoms with Crippen LogP contribution in [0.15, 0.2) is 0 Å². The summed E-state index contributed by atoms with van der Waals surface area (Å²) in [7, 11) is 0. The van der Waals surface area contributed by atoms with E-state index in [0.717, 1.165) is 25.9 Å². The number of likely N-dealkylation sites (tertiary alicyclic amines) is 1. The van der Waals surface area contributed by atoms with Crippen LogP contribution in [0, 0.1) is 0 Å². The number of nitrogens with one attached hydrogen (secondary N) is 1. The van der Waals surface area contributed by atoms with Crippen LogP contribution in [-0.2, 0) is 0 Å². The van der Waals surface area contributed by atoms with Gasteiger partial charge in [0.05, 0.1) is 12.6 Å². The van der Waals surface area contributed by atoms with E-state index >= 15 is 0 Å². The van der Waals surface area contributed by atoms with Gasteiger partial charge in [-0.05, 0) is 26.2 Å². The molecule has 2 N–H and O–H groups in total. The Hall–Kier alpha value is -0.770. The molecule has 1 atom stereocenters. The van der Waals surface area contributed by atoms with E-state index in [4.69, 9.17) is 5.11 Å². The molecular formula is C9H18N2O2. The number of amides is 2. The van der Waals surface area contributed by atoms with Crippen LogP contribution in [0.25, 0.3) is 0 Å². The lowest BCUT2D eigenvalue weighted by molar-refractivity contribution is 0.174. The summed E-state index contributed by atoms with van der Waals surface area (Å²) in [6.45, 7) is 3.50. The van der Waals surface area contributed by atoms with Crippen LogP contribution in [0.3, 0.4) is 0 Å². The molecule has 0 unspecified atom stereocenters. The van der Waals surface area contributed by atoms with Gasteiger partial charge in [0, 0.05) is 13.1 Å². The maximum Gasteiger partial charge on any atom is 0.317 e. The average molecular weight is 186 g/mol. The van der Waals surface area contributed by atoms with E-state index in [-0.39, 0.29) is 18.7 Å². The van der Waals surface area contributed by atoms with Gasteiger partial charge in [0.25, 0.3) is 0 Å². The van der Waals surface area contributed by atoms with Gasteiger partial charge in [0.15, 0.2) is 0 Å². The number of hydrogen-bond donors (Lipinski definition) is 2. The highest BCUT2D eigenvalue weighted by molar-refractivity contribution is 5.74. The molecule has 4 heteroatoms. The zero-order valence-corrected chi connectivity index (χ0v) is 8.12. The third-order valence-electron chi connectivity index (χ3n) is 2.29. The Balaban J connectivity index is 2.29. The topological polar surface area (TPSA) is 52.6 Å². The third kappa shape index (κ3) is 3.22. The minimum Gasteiger partial charge on any atom is -0.394 e. The molecule has 1 fully saturated rings. The quantitative estimate of drug-likeness (QED) is 0.662. The molecule has 2 amide bonds. The Bertz CT molecular complexity index is 167. The van der Waals surface area contributed by atoms with Gasteiger partial charge in [-0.25, -0.2) is 4.79 Å². The van der Waals surface area contributed by atoms with Gasteiger partial charge in [-0.3, -0.25) is 0 Å². The van der Waals surface area contributed by atoms with Crippen LogP contribution in [0.5, 0.6) is 0 Å². The van der Waals surface area contributed by atoms with Crippen molar-refractivity contribution in [2.45, 2.75) is 32.2 Å². The standard InChI is InChI=1S/C9H18N2O2/c1-8(7-12)10-9(13)11-5-3-2-4-6-11/h8,12H,2-7H2,1H3,(H,10,13)/t8-/m0/s1. The normalized spacial score (nSPS) is 19.7. The van der Waals surface area contributed by atoms with E-state index in [9.17, 15) is 4.79 Å². The second kappa shape index (κ2) is 5.07. The first-order valence-electron chi connectivity index (χ1n) is 4.90. The minimum absolute atomic E-state index is 0.000417. The predicted molar refractivity (Wildman–Crippen MR) is 50.5 cm³/mol. The maximum absolute atomic E-state index is 11.5. The SMILES string of the molecule is C[C@@H](CO)NC(=O)N1CCCCC1. The van der Waals surface area contributed by atoms with Crippen LogP contribution >= 0.6 is 0 Å². The highest BCUT2D eigenvalue weighted by atomic mass is 16.3. The van der Waals surface area contributed by atoms with Gasteiger partial charge < -0.3 is 15.3 Å². The first-order valence-corrected chi connectivity index (χ1v) is 4.90. The molecular weight excluding hydrogens is 168 g/mol. The Morgan fingerprint density at radius 3 is 2.62 bits per heavy atom. The Morgan fingerprint density at radius 2 is 2.08 bits per heavy atom. The van der Waals surface area contributed by atoms with Crippen molar-refractivity contribution in [3.8, 4) is 0 Å². The highest BCUT2D eigenvalue weighted by Crippen LogP contribution is 2.08. The van der Waals surface area contributed by atoms with Crippen molar-refractivity contribution in [3.05, 3.63) is 0 Å². The number of hydrogen-bond acceptors (Lipinski definition) is 2. The largest absolute Gasteiger partial charge is 0.394 e. The fourth-order valence-electron chi connectivity index (χ4n) is 1.44. The monoisotopic (exact) mass is 186 g/mol. The van der Waals surface area contributed by atoms with Crippen LogP contribution < -0.4 is 5.32 Å². The molecule has 1 aliphatic heterocycles. The zero-order chi connectivity index (χ0) is 9.68. The van der Waals surface area contributed by atoms with Crippen LogP contribution in [-0.4, -0.2) is 41.8 Å². The summed E-state index contributed by atoms with van der Waals surface area (Å²) in [5, 5.41) is 11.5. The van der Waals surface area contributed by atoms with Crippen LogP contribution in [0.4, 0.5) is 4.79 Å². The lowest BCUT2D eigenvalue weighted by Gasteiger charge is -2.28. The second-order valence-corrected chi connectivity index (χ2v) is 3.58. The summed E-state index contributed by atoms with van der Waals surface area (Å²) in [5.41, 5.74) is 0. The number of rotatable bonds is 2. The molecule has 0 spiro atoms. The summed E-state index contributed by atoms with van der Waals surface area (Å²) in [4.78, 5) is 13.3. The first kappa shape index (κ1) is 10.3. The Morgan fingerprint density at radius 1 is 1.46 bits per heavy atom. The molecule has 0 aromatic carbocycles. The molecule has 4 nitrogen and oxygen atoms in total. The zero-order valence-electron chi connectivity index (χ0n) is 8.12. The molecule has 0 radical (unpaired) electrons. The number of carbonyl (C=O) groups excluding carboxylic acids is 1. The Labute approximate surface area is 78.9 Å². The average Bonchev–Trinajstić information content (AvgIpc) is 2.19. The molecule has 1 saturated heterocycles. The van der Waals surface area contributed by atoms with Gasteiger partial charge in [0.2, 0.25) is 0 Å². The second-order valence-electron chi connectivity index (χ2n) is 3.58. The van der Waals surface area contributed by atoms with Crippen molar-refractivity contribution >= 4 is 6.03 Å². The van der Waals surface area contributed by atoms with E-state index in [1.807, 2.05) is 4.90 Å². The third-order valence-corrected chi connectivity index (χ3v) is 2.29. The van der Waals surface area contributed by atoms with Crippen molar-refractivity contribution in [2.24, 2.45) is 0 Å². The number of piperidine rings is 1. The molecule has 1 heterocycles. The van der Waals surface area contributed by atoms with E-state index in [0.29, 0.717) is 0 Å². The molecule has 0 aliphatic carbocycles. The molecule has 0 aromatic rings. The summed E-state index contributed by atoms with van der Waals surface area (Å²) in [6.07, 6.45) is 3.42. The lowest BCUT2D eigenvalue weighted by Crippen LogP contribution is -2.46. The fourth-order valence-corrected chi connectivity index (χ4v) is 1.44. The molecule has 0 aromatic heterocycles. The van der Waals surface area contributed by atoms with Gasteiger partial charge in [0.1, 0.15) is 0 Å².